The van der Waals surface area contributed by atoms with Crippen LogP contribution in [0.15, 0.2) is 23.8 Å². The minimum Gasteiger partial charge on any atom is -0.493 e. The summed E-state index contributed by atoms with van der Waals surface area (Å²) < 4.78 is 10.4. The molecule has 0 aromatic heterocycles. The van der Waals surface area contributed by atoms with E-state index < -0.39 is 5.91 Å². The van der Waals surface area contributed by atoms with E-state index in [0.717, 1.165) is 0 Å². The number of hydrogen-bond acceptors (Lipinski definition) is 4. The highest BCUT2D eigenvalue weighted by Crippen LogP contribution is 2.32. The Hall–Kier alpha value is -2.48. The molecule has 0 aliphatic carbocycles. The van der Waals surface area contributed by atoms with Gasteiger partial charge in [0.2, 0.25) is 0 Å². The van der Waals surface area contributed by atoms with Gasteiger partial charge in [0.25, 0.3) is 5.91 Å². The number of hydrogen-bond donors (Lipinski definition) is 1. The van der Waals surface area contributed by atoms with Gasteiger partial charge in [0, 0.05) is 11.6 Å². The highest BCUT2D eigenvalue weighted by Gasteiger charge is 2.13. The smallest absolute Gasteiger partial charge is 0.262 e. The van der Waals surface area contributed by atoms with Crippen LogP contribution >= 0.6 is 0 Å². The van der Waals surface area contributed by atoms with Gasteiger partial charge in [0.15, 0.2) is 11.5 Å². The fourth-order valence-electron chi connectivity index (χ4n) is 1.67. The Kier molecular flexibility index (Phi) is 5.60. The predicted molar refractivity (Wildman–Crippen MR) is 76.4 cm³/mol. The zero-order valence-electron chi connectivity index (χ0n) is 12.1. The third-order valence-corrected chi connectivity index (χ3v) is 2.52. The standard InChI is InChI=1S/C15H18N2O3/c1-10(2)17-15(18)12(9-16)8-11-6-5-7-13(19-3)14(11)20-4/h5-8,10H,1-4H3,(H,17,18)/b12-8-. The van der Waals surface area contributed by atoms with E-state index in [-0.39, 0.29) is 11.6 Å². The molecule has 106 valence electrons. The van der Waals surface area contributed by atoms with Crippen LogP contribution < -0.4 is 14.8 Å². The number of para-hydroxylation sites is 1. The molecule has 0 radical (unpaired) electrons. The molecule has 0 heterocycles. The van der Waals surface area contributed by atoms with Crippen molar-refractivity contribution in [3.63, 3.8) is 0 Å². The number of carbonyl (C=O) groups is 1. The molecule has 5 nitrogen and oxygen atoms in total. The maximum Gasteiger partial charge on any atom is 0.262 e. The first-order valence-corrected chi connectivity index (χ1v) is 6.17. The minimum atomic E-state index is -0.410. The Morgan fingerprint density at radius 2 is 2.05 bits per heavy atom. The molecule has 0 fully saturated rings. The largest absolute Gasteiger partial charge is 0.493 e. The summed E-state index contributed by atoms with van der Waals surface area (Å²) in [7, 11) is 3.04. The van der Waals surface area contributed by atoms with Crippen LogP contribution in [0.4, 0.5) is 0 Å². The van der Waals surface area contributed by atoms with Crippen molar-refractivity contribution in [2.24, 2.45) is 0 Å². The molecular formula is C15H18N2O3. The maximum atomic E-state index is 11.9. The van der Waals surface area contributed by atoms with Gasteiger partial charge in [-0.1, -0.05) is 12.1 Å². The molecular weight excluding hydrogens is 256 g/mol. The second kappa shape index (κ2) is 7.19. The first-order chi connectivity index (χ1) is 9.53. The number of nitrogens with one attached hydrogen (secondary N) is 1. The lowest BCUT2D eigenvalue weighted by Gasteiger charge is -2.11. The molecule has 5 heteroatoms. The molecule has 0 spiro atoms. The van der Waals surface area contributed by atoms with E-state index in [4.69, 9.17) is 14.7 Å². The molecule has 1 aromatic carbocycles. The van der Waals surface area contributed by atoms with Crippen molar-refractivity contribution in [3.05, 3.63) is 29.3 Å². The van der Waals surface area contributed by atoms with E-state index in [1.165, 1.54) is 20.3 Å². The molecule has 0 aliphatic rings. The number of nitriles is 1. The summed E-state index contributed by atoms with van der Waals surface area (Å²) in [5.74, 6) is 0.621. The van der Waals surface area contributed by atoms with Crippen molar-refractivity contribution in [2.75, 3.05) is 14.2 Å². The van der Waals surface area contributed by atoms with E-state index in [1.807, 2.05) is 19.9 Å². The van der Waals surface area contributed by atoms with Crippen molar-refractivity contribution in [1.82, 2.24) is 5.32 Å². The summed E-state index contributed by atoms with van der Waals surface area (Å²) in [6.45, 7) is 3.66. The maximum absolute atomic E-state index is 11.9. The number of ether oxygens (including phenoxy) is 2. The van der Waals surface area contributed by atoms with Crippen LogP contribution in [0.5, 0.6) is 11.5 Å². The molecule has 0 saturated heterocycles. The van der Waals surface area contributed by atoms with Crippen molar-refractivity contribution < 1.29 is 14.3 Å². The second-order valence-electron chi connectivity index (χ2n) is 4.38. The Bertz CT molecular complexity index is 557. The molecule has 1 N–H and O–H groups in total. The zero-order chi connectivity index (χ0) is 15.1. The van der Waals surface area contributed by atoms with Crippen LogP contribution in [0.2, 0.25) is 0 Å². The Balaban J connectivity index is 3.20. The van der Waals surface area contributed by atoms with Gasteiger partial charge in [-0.15, -0.1) is 0 Å². The van der Waals surface area contributed by atoms with E-state index in [0.29, 0.717) is 17.1 Å². The van der Waals surface area contributed by atoms with E-state index in [1.54, 1.807) is 18.2 Å². The Morgan fingerprint density at radius 3 is 2.55 bits per heavy atom. The number of amides is 1. The molecule has 0 bridgehead atoms. The summed E-state index contributed by atoms with van der Waals surface area (Å²) in [5.41, 5.74) is 0.632. The zero-order valence-corrected chi connectivity index (χ0v) is 12.1. The van der Waals surface area contributed by atoms with E-state index in [9.17, 15) is 4.79 Å². The van der Waals surface area contributed by atoms with Gasteiger partial charge < -0.3 is 14.8 Å². The topological polar surface area (TPSA) is 71.3 Å². The highest BCUT2D eigenvalue weighted by atomic mass is 16.5. The van der Waals surface area contributed by atoms with Crippen LogP contribution in [0.25, 0.3) is 6.08 Å². The van der Waals surface area contributed by atoms with Crippen molar-refractivity contribution >= 4 is 12.0 Å². The number of methoxy groups -OCH3 is 2. The summed E-state index contributed by atoms with van der Waals surface area (Å²) in [6.07, 6.45) is 1.49. The number of benzene rings is 1. The van der Waals surface area contributed by atoms with E-state index in [2.05, 4.69) is 5.32 Å². The van der Waals surface area contributed by atoms with Crippen molar-refractivity contribution in [2.45, 2.75) is 19.9 Å². The third-order valence-electron chi connectivity index (χ3n) is 2.52. The first kappa shape index (κ1) is 15.6. The fraction of sp³-hybridized carbons (Fsp3) is 0.333. The molecule has 0 saturated carbocycles. The van der Waals surface area contributed by atoms with Gasteiger partial charge in [-0.3, -0.25) is 4.79 Å². The minimum absolute atomic E-state index is 0.0188. The highest BCUT2D eigenvalue weighted by molar-refractivity contribution is 6.02. The Labute approximate surface area is 118 Å². The van der Waals surface area contributed by atoms with Gasteiger partial charge in [-0.25, -0.2) is 0 Å². The summed E-state index contributed by atoms with van der Waals surface area (Å²) >= 11 is 0. The summed E-state index contributed by atoms with van der Waals surface area (Å²) in [6, 6.07) is 7.13. The van der Waals surface area contributed by atoms with Crippen LogP contribution in [0.3, 0.4) is 0 Å². The van der Waals surface area contributed by atoms with Crippen LogP contribution in [0, 0.1) is 11.3 Å². The van der Waals surface area contributed by atoms with Crippen molar-refractivity contribution in [1.29, 1.82) is 5.26 Å². The first-order valence-electron chi connectivity index (χ1n) is 6.17. The van der Waals surface area contributed by atoms with Gasteiger partial charge in [-0.05, 0) is 26.0 Å². The van der Waals surface area contributed by atoms with Crippen LogP contribution in [0.1, 0.15) is 19.4 Å². The molecule has 0 atom stereocenters. The quantitative estimate of drug-likeness (QED) is 0.659. The molecule has 0 unspecified atom stereocenters. The van der Waals surface area contributed by atoms with Gasteiger partial charge in [-0.2, -0.15) is 5.26 Å². The molecule has 20 heavy (non-hydrogen) atoms. The van der Waals surface area contributed by atoms with Crippen molar-refractivity contribution in [3.8, 4) is 17.6 Å². The molecule has 1 rings (SSSR count). The monoisotopic (exact) mass is 274 g/mol. The summed E-state index contributed by atoms with van der Waals surface area (Å²) in [4.78, 5) is 11.9. The van der Waals surface area contributed by atoms with Crippen LogP contribution in [-0.4, -0.2) is 26.2 Å². The number of carbonyl (C=O) groups excluding carboxylic acids is 1. The third kappa shape index (κ3) is 3.75. The van der Waals surface area contributed by atoms with Gasteiger partial charge >= 0.3 is 0 Å². The normalized spacial score (nSPS) is 10.9. The second-order valence-corrected chi connectivity index (χ2v) is 4.38. The van der Waals surface area contributed by atoms with Gasteiger partial charge in [0.05, 0.1) is 14.2 Å². The fourth-order valence-corrected chi connectivity index (χ4v) is 1.67. The molecule has 1 aromatic rings. The summed E-state index contributed by atoms with van der Waals surface area (Å²) in [5, 5.41) is 11.8. The lowest BCUT2D eigenvalue weighted by molar-refractivity contribution is -0.117. The van der Waals surface area contributed by atoms with Gasteiger partial charge in [0.1, 0.15) is 11.6 Å². The lowest BCUT2D eigenvalue weighted by Crippen LogP contribution is -2.30. The Morgan fingerprint density at radius 1 is 1.35 bits per heavy atom. The lowest BCUT2D eigenvalue weighted by atomic mass is 10.1. The average molecular weight is 274 g/mol. The van der Waals surface area contributed by atoms with E-state index >= 15 is 0 Å². The van der Waals surface area contributed by atoms with Crippen LogP contribution in [-0.2, 0) is 4.79 Å². The molecule has 1 amide bonds. The number of rotatable bonds is 5. The number of nitrogens with zero attached hydrogens (tertiary/aromatic N) is 1. The predicted octanol–water partition coefficient (Wildman–Crippen LogP) is 2.14. The molecule has 0 aliphatic heterocycles. The SMILES string of the molecule is COc1cccc(/C=C(/C#N)C(=O)NC(C)C)c1OC. The average Bonchev–Trinajstić information content (AvgIpc) is 2.43.